The molecule has 0 spiro atoms. The maximum Gasteiger partial charge on any atom is 0.224 e. The molecule has 3 N–H and O–H groups in total. The van der Waals surface area contributed by atoms with Gasteiger partial charge < -0.3 is 15.6 Å². The summed E-state index contributed by atoms with van der Waals surface area (Å²) < 4.78 is 4.85. The van der Waals surface area contributed by atoms with Crippen molar-refractivity contribution in [3.63, 3.8) is 0 Å². The van der Waals surface area contributed by atoms with Gasteiger partial charge in [0.1, 0.15) is 0 Å². The lowest BCUT2D eigenvalue weighted by molar-refractivity contribution is 0.427. The van der Waals surface area contributed by atoms with E-state index in [4.69, 9.17) is 10.3 Å². The van der Waals surface area contributed by atoms with E-state index < -0.39 is 0 Å². The summed E-state index contributed by atoms with van der Waals surface area (Å²) in [4.78, 5) is 0. The zero-order chi connectivity index (χ0) is 7.40. The van der Waals surface area contributed by atoms with Crippen molar-refractivity contribution in [1.29, 1.82) is 0 Å². The van der Waals surface area contributed by atoms with Gasteiger partial charge in [-0.05, 0) is 6.92 Å². The van der Waals surface area contributed by atoms with Crippen molar-refractivity contribution >= 4 is 5.88 Å². The average molecular weight is 141 g/mol. The second kappa shape index (κ2) is 3.22. The average Bonchev–Trinajstić information content (AvgIpc) is 2.31. The lowest BCUT2D eigenvalue weighted by Crippen LogP contribution is -2.12. The third kappa shape index (κ3) is 1.73. The highest BCUT2D eigenvalue weighted by Crippen LogP contribution is 2.06. The van der Waals surface area contributed by atoms with E-state index in [1.54, 1.807) is 0 Å². The molecular weight excluding hydrogens is 130 g/mol. The van der Waals surface area contributed by atoms with Crippen molar-refractivity contribution in [2.45, 2.75) is 6.92 Å². The quantitative estimate of drug-likeness (QED) is 0.637. The Hall–Kier alpha value is -1.03. The van der Waals surface area contributed by atoms with Crippen molar-refractivity contribution in [1.82, 2.24) is 5.16 Å². The largest absolute Gasteiger partial charge is 0.353 e. The molecule has 0 aliphatic carbocycles. The van der Waals surface area contributed by atoms with Crippen LogP contribution in [0.4, 0.5) is 5.88 Å². The molecule has 0 saturated carbocycles. The monoisotopic (exact) mass is 141 g/mol. The fourth-order valence-electron chi connectivity index (χ4n) is 0.642. The normalized spacial score (nSPS) is 9.80. The van der Waals surface area contributed by atoms with Crippen molar-refractivity contribution in [2.24, 2.45) is 5.73 Å². The van der Waals surface area contributed by atoms with Gasteiger partial charge in [-0.15, -0.1) is 0 Å². The molecule has 1 heterocycles. The number of hydrogen-bond acceptors (Lipinski definition) is 4. The standard InChI is InChI=1S/C6H11N3O/c1-5-4-6(10-9-5)8-3-2-7/h4,8H,2-3,7H2,1H3. The van der Waals surface area contributed by atoms with Gasteiger partial charge in [-0.25, -0.2) is 0 Å². The lowest BCUT2D eigenvalue weighted by atomic mass is 10.5. The Morgan fingerprint density at radius 3 is 3.10 bits per heavy atom. The van der Waals surface area contributed by atoms with E-state index in [1.165, 1.54) is 0 Å². The number of aryl methyl sites for hydroxylation is 1. The first kappa shape index (κ1) is 7.08. The van der Waals surface area contributed by atoms with E-state index in [0.717, 1.165) is 5.69 Å². The molecule has 1 aromatic heterocycles. The molecule has 0 fully saturated rings. The summed E-state index contributed by atoms with van der Waals surface area (Å²) in [7, 11) is 0. The molecule has 56 valence electrons. The number of nitrogens with zero attached hydrogens (tertiary/aromatic N) is 1. The molecule has 0 bridgehead atoms. The van der Waals surface area contributed by atoms with Crippen LogP contribution in [-0.4, -0.2) is 18.2 Å². The molecule has 1 rings (SSSR count). The van der Waals surface area contributed by atoms with E-state index >= 15 is 0 Å². The Bertz CT molecular complexity index is 197. The minimum atomic E-state index is 0.597. The zero-order valence-corrected chi connectivity index (χ0v) is 5.92. The molecule has 0 amide bonds. The topological polar surface area (TPSA) is 64.1 Å². The second-order valence-corrected chi connectivity index (χ2v) is 2.05. The number of anilines is 1. The predicted octanol–water partition coefficient (Wildman–Crippen LogP) is 0.354. The Labute approximate surface area is 59.4 Å². The van der Waals surface area contributed by atoms with Gasteiger partial charge in [0.15, 0.2) is 0 Å². The van der Waals surface area contributed by atoms with Crippen molar-refractivity contribution in [3.8, 4) is 0 Å². The maximum absolute atomic E-state index is 5.26. The highest BCUT2D eigenvalue weighted by atomic mass is 16.5. The summed E-state index contributed by atoms with van der Waals surface area (Å²) in [5.41, 5.74) is 6.13. The summed E-state index contributed by atoms with van der Waals surface area (Å²) >= 11 is 0. The molecule has 4 nitrogen and oxygen atoms in total. The number of hydrogen-bond donors (Lipinski definition) is 2. The molecule has 10 heavy (non-hydrogen) atoms. The Morgan fingerprint density at radius 2 is 2.60 bits per heavy atom. The highest BCUT2D eigenvalue weighted by Gasteiger charge is 1.95. The van der Waals surface area contributed by atoms with Gasteiger partial charge in [0.2, 0.25) is 5.88 Å². The number of rotatable bonds is 3. The van der Waals surface area contributed by atoms with Crippen LogP contribution in [0.25, 0.3) is 0 Å². The minimum Gasteiger partial charge on any atom is -0.353 e. The number of nitrogens with two attached hydrogens (primary N) is 1. The minimum absolute atomic E-state index is 0.597. The predicted molar refractivity (Wildman–Crippen MR) is 38.8 cm³/mol. The van der Waals surface area contributed by atoms with Crippen molar-refractivity contribution < 1.29 is 4.52 Å². The van der Waals surface area contributed by atoms with E-state index in [1.807, 2.05) is 13.0 Å². The lowest BCUT2D eigenvalue weighted by Gasteiger charge is -1.95. The van der Waals surface area contributed by atoms with Crippen LogP contribution in [-0.2, 0) is 0 Å². The molecule has 0 saturated heterocycles. The zero-order valence-electron chi connectivity index (χ0n) is 5.92. The van der Waals surface area contributed by atoms with Gasteiger partial charge in [-0.1, -0.05) is 5.16 Å². The van der Waals surface area contributed by atoms with Crippen LogP contribution in [0.3, 0.4) is 0 Å². The van der Waals surface area contributed by atoms with Crippen molar-refractivity contribution in [3.05, 3.63) is 11.8 Å². The van der Waals surface area contributed by atoms with Crippen LogP contribution in [0.5, 0.6) is 0 Å². The Kier molecular flexibility index (Phi) is 2.28. The van der Waals surface area contributed by atoms with E-state index in [9.17, 15) is 0 Å². The van der Waals surface area contributed by atoms with Gasteiger partial charge in [-0.3, -0.25) is 0 Å². The molecule has 0 aliphatic heterocycles. The van der Waals surface area contributed by atoms with Crippen LogP contribution in [0, 0.1) is 6.92 Å². The summed E-state index contributed by atoms with van der Waals surface area (Å²) in [5, 5.41) is 6.65. The highest BCUT2D eigenvalue weighted by molar-refractivity contribution is 5.30. The van der Waals surface area contributed by atoms with Gasteiger partial charge in [0.05, 0.1) is 5.69 Å². The second-order valence-electron chi connectivity index (χ2n) is 2.05. The van der Waals surface area contributed by atoms with E-state index in [-0.39, 0.29) is 0 Å². The van der Waals surface area contributed by atoms with Gasteiger partial charge in [-0.2, -0.15) is 0 Å². The van der Waals surface area contributed by atoms with Gasteiger partial charge in [0.25, 0.3) is 0 Å². The molecule has 0 atom stereocenters. The van der Waals surface area contributed by atoms with E-state index in [0.29, 0.717) is 19.0 Å². The SMILES string of the molecule is Cc1cc(NCCN)on1. The van der Waals surface area contributed by atoms with Crippen LogP contribution >= 0.6 is 0 Å². The Morgan fingerprint density at radius 1 is 1.80 bits per heavy atom. The molecule has 4 heteroatoms. The molecule has 0 aromatic carbocycles. The first-order valence-electron chi connectivity index (χ1n) is 3.20. The molecule has 0 radical (unpaired) electrons. The van der Waals surface area contributed by atoms with Crippen LogP contribution in [0.2, 0.25) is 0 Å². The number of nitrogens with one attached hydrogen (secondary N) is 1. The van der Waals surface area contributed by atoms with Crippen molar-refractivity contribution in [2.75, 3.05) is 18.4 Å². The first-order valence-corrected chi connectivity index (χ1v) is 3.20. The van der Waals surface area contributed by atoms with Crippen LogP contribution in [0.1, 0.15) is 5.69 Å². The van der Waals surface area contributed by atoms with Gasteiger partial charge in [0, 0.05) is 19.2 Å². The van der Waals surface area contributed by atoms with Gasteiger partial charge >= 0.3 is 0 Å². The molecule has 0 aliphatic rings. The summed E-state index contributed by atoms with van der Waals surface area (Å²) in [6, 6.07) is 1.83. The summed E-state index contributed by atoms with van der Waals surface area (Å²) in [6.45, 7) is 3.19. The summed E-state index contributed by atoms with van der Waals surface area (Å²) in [6.07, 6.45) is 0. The molecule has 1 aromatic rings. The van der Waals surface area contributed by atoms with Crippen LogP contribution in [0.15, 0.2) is 10.6 Å². The summed E-state index contributed by atoms with van der Waals surface area (Å²) in [5.74, 6) is 0.683. The number of aromatic nitrogens is 1. The Balaban J connectivity index is 2.42. The van der Waals surface area contributed by atoms with Crippen LogP contribution < -0.4 is 11.1 Å². The third-order valence-electron chi connectivity index (χ3n) is 1.07. The fraction of sp³-hybridized carbons (Fsp3) is 0.500. The first-order chi connectivity index (χ1) is 4.83. The smallest absolute Gasteiger partial charge is 0.224 e. The molecule has 0 unspecified atom stereocenters. The maximum atomic E-state index is 5.26. The fourth-order valence-corrected chi connectivity index (χ4v) is 0.642. The third-order valence-corrected chi connectivity index (χ3v) is 1.07. The van der Waals surface area contributed by atoms with E-state index in [2.05, 4.69) is 10.5 Å². The molecular formula is C6H11N3O.